The summed E-state index contributed by atoms with van der Waals surface area (Å²) in [6, 6.07) is 23.8. The van der Waals surface area contributed by atoms with E-state index in [0.717, 1.165) is 34.6 Å². The normalized spacial score (nSPS) is 16.7. The largest absolute Gasteiger partial charge is 0.457 e. The molecule has 4 rings (SSSR count). The third kappa shape index (κ3) is 4.14. The molecule has 0 bridgehead atoms. The number of allylic oxidation sites excluding steroid dienone is 2. The van der Waals surface area contributed by atoms with Gasteiger partial charge in [0.2, 0.25) is 0 Å². The molecule has 0 amide bonds. The molecular formula is C24H19FO2. The first kappa shape index (κ1) is 17.2. The highest BCUT2D eigenvalue weighted by atomic mass is 19.1. The second kappa shape index (κ2) is 7.58. The number of ketones is 1. The fourth-order valence-corrected chi connectivity index (χ4v) is 3.43. The topological polar surface area (TPSA) is 26.3 Å². The summed E-state index contributed by atoms with van der Waals surface area (Å²) in [5, 5.41) is 0. The smallest absolute Gasteiger partial charge is 0.156 e. The maximum absolute atomic E-state index is 13.2. The number of halogens is 1. The highest BCUT2D eigenvalue weighted by Gasteiger charge is 2.23. The van der Waals surface area contributed by atoms with Gasteiger partial charge in [-0.15, -0.1) is 0 Å². The zero-order valence-corrected chi connectivity index (χ0v) is 14.8. The van der Waals surface area contributed by atoms with Crippen LogP contribution in [0.3, 0.4) is 0 Å². The van der Waals surface area contributed by atoms with Gasteiger partial charge in [0, 0.05) is 6.42 Å². The molecule has 1 unspecified atom stereocenters. The molecule has 1 aliphatic carbocycles. The molecule has 134 valence electrons. The van der Waals surface area contributed by atoms with Crippen LogP contribution in [-0.4, -0.2) is 5.78 Å². The summed E-state index contributed by atoms with van der Waals surface area (Å²) in [5.41, 5.74) is 3.02. The number of ether oxygens (including phenoxy) is 1. The van der Waals surface area contributed by atoms with Gasteiger partial charge in [0.15, 0.2) is 5.78 Å². The third-order valence-corrected chi connectivity index (χ3v) is 4.79. The van der Waals surface area contributed by atoms with E-state index in [1.54, 1.807) is 18.2 Å². The Kier molecular flexibility index (Phi) is 4.84. The van der Waals surface area contributed by atoms with E-state index in [1.807, 2.05) is 54.6 Å². The van der Waals surface area contributed by atoms with E-state index >= 15 is 0 Å². The number of carbonyl (C=O) groups is 1. The fourth-order valence-electron chi connectivity index (χ4n) is 3.43. The Morgan fingerprint density at radius 1 is 0.778 bits per heavy atom. The molecule has 3 aromatic carbocycles. The van der Waals surface area contributed by atoms with Crippen LogP contribution in [0.1, 0.15) is 29.9 Å². The molecule has 0 saturated carbocycles. The minimum Gasteiger partial charge on any atom is -0.457 e. The number of hydrogen-bond donors (Lipinski definition) is 0. The van der Waals surface area contributed by atoms with Crippen LogP contribution < -0.4 is 4.74 Å². The van der Waals surface area contributed by atoms with Crippen LogP contribution >= 0.6 is 0 Å². The molecule has 1 atom stereocenters. The van der Waals surface area contributed by atoms with Gasteiger partial charge < -0.3 is 4.74 Å². The van der Waals surface area contributed by atoms with Crippen LogP contribution in [-0.2, 0) is 4.79 Å². The van der Waals surface area contributed by atoms with Crippen molar-refractivity contribution in [2.24, 2.45) is 0 Å². The van der Waals surface area contributed by atoms with Gasteiger partial charge in [-0.2, -0.15) is 0 Å². The van der Waals surface area contributed by atoms with Crippen molar-refractivity contribution in [3.05, 3.63) is 102 Å². The zero-order valence-electron chi connectivity index (χ0n) is 14.8. The molecule has 3 heteroatoms. The molecule has 0 fully saturated rings. The highest BCUT2D eigenvalue weighted by molar-refractivity contribution is 5.99. The number of benzene rings is 3. The number of rotatable bonds is 4. The molecule has 27 heavy (non-hydrogen) atoms. The molecule has 0 heterocycles. The van der Waals surface area contributed by atoms with E-state index in [9.17, 15) is 9.18 Å². The monoisotopic (exact) mass is 358 g/mol. The maximum atomic E-state index is 13.2. The highest BCUT2D eigenvalue weighted by Crippen LogP contribution is 2.36. The number of para-hydroxylation sites is 1. The van der Waals surface area contributed by atoms with Crippen LogP contribution in [0.25, 0.3) is 5.57 Å². The van der Waals surface area contributed by atoms with Gasteiger partial charge >= 0.3 is 0 Å². The van der Waals surface area contributed by atoms with Crippen molar-refractivity contribution in [1.82, 2.24) is 0 Å². The average Bonchev–Trinajstić information content (AvgIpc) is 2.69. The molecule has 0 spiro atoms. The van der Waals surface area contributed by atoms with Gasteiger partial charge in [-0.1, -0.05) is 42.5 Å². The van der Waals surface area contributed by atoms with Crippen molar-refractivity contribution in [2.75, 3.05) is 0 Å². The number of carbonyl (C=O) groups excluding carboxylic acids is 1. The molecule has 1 aliphatic rings. The Labute approximate surface area is 157 Å². The summed E-state index contributed by atoms with van der Waals surface area (Å²) in [7, 11) is 0. The van der Waals surface area contributed by atoms with Crippen LogP contribution in [0, 0.1) is 5.82 Å². The average molecular weight is 358 g/mol. The van der Waals surface area contributed by atoms with Crippen molar-refractivity contribution < 1.29 is 13.9 Å². The molecule has 0 aromatic heterocycles. The minimum atomic E-state index is -0.259. The standard InChI is InChI=1S/C24H19FO2/c25-21-10-6-17(7-11-21)19-14-20(16-22(26)15-19)18-8-12-24(13-9-18)27-23-4-2-1-3-5-23/h1-13,16,19H,14-15H2. The zero-order chi connectivity index (χ0) is 18.6. The summed E-state index contributed by atoms with van der Waals surface area (Å²) in [6.07, 6.45) is 2.95. The van der Waals surface area contributed by atoms with Crippen molar-refractivity contribution in [2.45, 2.75) is 18.8 Å². The fraction of sp³-hybridized carbons (Fsp3) is 0.125. The van der Waals surface area contributed by atoms with Gasteiger partial charge in [-0.05, 0) is 71.5 Å². The Bertz CT molecular complexity index is 958. The van der Waals surface area contributed by atoms with Crippen LogP contribution in [0.5, 0.6) is 11.5 Å². The van der Waals surface area contributed by atoms with Crippen molar-refractivity contribution in [3.8, 4) is 11.5 Å². The van der Waals surface area contributed by atoms with Gasteiger partial charge in [0.25, 0.3) is 0 Å². The summed E-state index contributed by atoms with van der Waals surface area (Å²) in [6.45, 7) is 0. The van der Waals surface area contributed by atoms with E-state index in [-0.39, 0.29) is 17.5 Å². The first-order valence-corrected chi connectivity index (χ1v) is 8.99. The molecule has 2 nitrogen and oxygen atoms in total. The van der Waals surface area contributed by atoms with E-state index in [1.165, 1.54) is 12.1 Å². The summed E-state index contributed by atoms with van der Waals surface area (Å²) < 4.78 is 19.0. The van der Waals surface area contributed by atoms with Gasteiger partial charge in [0.1, 0.15) is 17.3 Å². The predicted octanol–water partition coefficient (Wildman–Crippen LogP) is 6.15. The third-order valence-electron chi connectivity index (χ3n) is 4.79. The molecule has 0 saturated heterocycles. The summed E-state index contributed by atoms with van der Waals surface area (Å²) >= 11 is 0. The molecule has 0 N–H and O–H groups in total. The molecule has 0 radical (unpaired) electrons. The summed E-state index contributed by atoms with van der Waals surface area (Å²) in [5.74, 6) is 1.47. The van der Waals surface area contributed by atoms with Crippen LogP contribution in [0.2, 0.25) is 0 Å². The van der Waals surface area contributed by atoms with Gasteiger partial charge in [-0.25, -0.2) is 4.39 Å². The van der Waals surface area contributed by atoms with Crippen molar-refractivity contribution >= 4 is 11.4 Å². The molecular weight excluding hydrogens is 339 g/mol. The van der Waals surface area contributed by atoms with Crippen LogP contribution in [0.4, 0.5) is 4.39 Å². The lowest BCUT2D eigenvalue weighted by molar-refractivity contribution is -0.115. The van der Waals surface area contributed by atoms with E-state index < -0.39 is 0 Å². The van der Waals surface area contributed by atoms with Crippen LogP contribution in [0.15, 0.2) is 84.9 Å². The predicted molar refractivity (Wildman–Crippen MR) is 104 cm³/mol. The van der Waals surface area contributed by atoms with E-state index in [0.29, 0.717) is 6.42 Å². The number of hydrogen-bond acceptors (Lipinski definition) is 2. The Balaban J connectivity index is 1.52. The van der Waals surface area contributed by atoms with E-state index in [4.69, 9.17) is 4.74 Å². The summed E-state index contributed by atoms with van der Waals surface area (Å²) in [4.78, 5) is 12.2. The second-order valence-electron chi connectivity index (χ2n) is 6.73. The molecule has 3 aromatic rings. The Hall–Kier alpha value is -3.20. The SMILES string of the molecule is O=C1C=C(c2ccc(Oc3ccccc3)cc2)CC(c2ccc(F)cc2)C1. The van der Waals surface area contributed by atoms with Gasteiger partial charge in [-0.3, -0.25) is 4.79 Å². The molecule has 0 aliphatic heterocycles. The lowest BCUT2D eigenvalue weighted by atomic mass is 9.81. The lowest BCUT2D eigenvalue weighted by Gasteiger charge is -2.23. The Morgan fingerprint density at radius 3 is 2.15 bits per heavy atom. The lowest BCUT2D eigenvalue weighted by Crippen LogP contribution is -2.12. The van der Waals surface area contributed by atoms with Crippen molar-refractivity contribution in [1.29, 1.82) is 0 Å². The first-order chi connectivity index (χ1) is 13.2. The quantitative estimate of drug-likeness (QED) is 0.559. The minimum absolute atomic E-state index is 0.0818. The van der Waals surface area contributed by atoms with E-state index in [2.05, 4.69) is 0 Å². The maximum Gasteiger partial charge on any atom is 0.156 e. The van der Waals surface area contributed by atoms with Gasteiger partial charge in [0.05, 0.1) is 0 Å². The first-order valence-electron chi connectivity index (χ1n) is 8.99. The van der Waals surface area contributed by atoms with Crippen molar-refractivity contribution in [3.63, 3.8) is 0 Å². The Morgan fingerprint density at radius 2 is 1.44 bits per heavy atom. The second-order valence-corrected chi connectivity index (χ2v) is 6.73.